The third-order valence-corrected chi connectivity index (χ3v) is 1.47. The zero-order valence-corrected chi connectivity index (χ0v) is 7.14. The molecule has 0 aliphatic heterocycles. The summed E-state index contributed by atoms with van der Waals surface area (Å²) in [4.78, 5) is 12.7. The van der Waals surface area contributed by atoms with Gasteiger partial charge in [-0.2, -0.15) is 0 Å². The first kappa shape index (κ1) is 9.21. The molecule has 0 fully saturated rings. The van der Waals surface area contributed by atoms with Crippen molar-refractivity contribution >= 4 is 5.78 Å². The van der Waals surface area contributed by atoms with Gasteiger partial charge in [0.15, 0.2) is 5.78 Å². The van der Waals surface area contributed by atoms with E-state index < -0.39 is 0 Å². The Hall–Kier alpha value is -0.790. The quantitative estimate of drug-likeness (QED) is 0.554. The van der Waals surface area contributed by atoms with E-state index in [9.17, 15) is 4.79 Å². The van der Waals surface area contributed by atoms with E-state index in [1.807, 2.05) is 32.0 Å². The highest BCUT2D eigenvalue weighted by Crippen LogP contribution is 1.95. The molecule has 0 N–H and O–H groups in total. The van der Waals surface area contributed by atoms with Crippen LogP contribution in [-0.4, -0.2) is 24.3 Å². The van der Waals surface area contributed by atoms with Gasteiger partial charge in [-0.15, -0.1) is 0 Å². The molecule has 0 bridgehead atoms. The number of rotatable bonds is 3. The molecule has 0 aliphatic carbocycles. The summed E-state index contributed by atoms with van der Waals surface area (Å²) in [5, 5.41) is 0. The van der Waals surface area contributed by atoms with Gasteiger partial charge in [-0.3, -0.25) is 4.79 Å². The maximum absolute atomic E-state index is 10.7. The maximum atomic E-state index is 10.7. The van der Waals surface area contributed by atoms with Crippen LogP contribution in [0, 0.1) is 0 Å². The molecule has 0 aromatic carbocycles. The number of ketones is 1. The Bertz CT molecular complexity index is 149. The number of carbonyl (C=O) groups is 1. The summed E-state index contributed by atoms with van der Waals surface area (Å²) in [6, 6.07) is 0. The molecule has 0 saturated carbocycles. The first-order valence-electron chi connectivity index (χ1n) is 3.47. The zero-order valence-electron chi connectivity index (χ0n) is 7.14. The van der Waals surface area contributed by atoms with Crippen molar-refractivity contribution in [2.45, 2.75) is 20.8 Å². The molecule has 10 heavy (non-hydrogen) atoms. The Labute approximate surface area is 62.5 Å². The van der Waals surface area contributed by atoms with E-state index in [2.05, 4.69) is 0 Å². The summed E-state index contributed by atoms with van der Waals surface area (Å²) in [6.45, 7) is 6.39. The van der Waals surface area contributed by atoms with Gasteiger partial charge in [-0.25, -0.2) is 0 Å². The normalized spacial score (nSPS) is 11.4. The van der Waals surface area contributed by atoms with E-state index in [-0.39, 0.29) is 5.78 Å². The Morgan fingerprint density at radius 1 is 1.50 bits per heavy atom. The van der Waals surface area contributed by atoms with Crippen LogP contribution in [0.1, 0.15) is 20.8 Å². The van der Waals surface area contributed by atoms with E-state index in [1.54, 1.807) is 6.92 Å². The first-order valence-corrected chi connectivity index (χ1v) is 3.47. The van der Waals surface area contributed by atoms with Gasteiger partial charge in [-0.05, 0) is 20.8 Å². The topological polar surface area (TPSA) is 20.3 Å². The number of Topliss-reactive ketones (excluding diaryl/α,β-unsaturated/α-hetero) is 1. The van der Waals surface area contributed by atoms with E-state index in [0.717, 1.165) is 12.1 Å². The van der Waals surface area contributed by atoms with Gasteiger partial charge in [0.1, 0.15) is 0 Å². The summed E-state index contributed by atoms with van der Waals surface area (Å²) in [7, 11) is 1.95. The molecule has 0 aromatic rings. The van der Waals surface area contributed by atoms with E-state index in [0.29, 0.717) is 0 Å². The Morgan fingerprint density at radius 3 is 2.30 bits per heavy atom. The van der Waals surface area contributed by atoms with Gasteiger partial charge < -0.3 is 4.90 Å². The third-order valence-electron chi connectivity index (χ3n) is 1.47. The molecule has 2 nitrogen and oxygen atoms in total. The molecule has 58 valence electrons. The molecule has 0 saturated heterocycles. The summed E-state index contributed by atoms with van der Waals surface area (Å²) < 4.78 is 0. The molecule has 0 aromatic heterocycles. The highest BCUT2D eigenvalue weighted by atomic mass is 16.1. The van der Waals surface area contributed by atoms with Crippen LogP contribution in [0.2, 0.25) is 0 Å². The van der Waals surface area contributed by atoms with E-state index in [1.165, 1.54) is 0 Å². The van der Waals surface area contributed by atoms with Crippen LogP contribution in [0.25, 0.3) is 0 Å². The van der Waals surface area contributed by atoms with Crippen molar-refractivity contribution in [2.24, 2.45) is 0 Å². The number of nitrogens with zero attached hydrogens (tertiary/aromatic N) is 1. The largest absolute Gasteiger partial charge is 0.380 e. The monoisotopic (exact) mass is 141 g/mol. The molecule has 0 spiro atoms. The summed E-state index contributed by atoms with van der Waals surface area (Å²) in [6.07, 6.45) is 1.86. The van der Waals surface area contributed by atoms with E-state index in [4.69, 9.17) is 0 Å². The number of carbonyl (C=O) groups excluding carboxylic acids is 1. The van der Waals surface area contributed by atoms with Gasteiger partial charge in [0, 0.05) is 25.4 Å². The predicted octanol–water partition coefficient (Wildman–Crippen LogP) is 1.43. The maximum Gasteiger partial charge on any atom is 0.156 e. The second-order valence-electron chi connectivity index (χ2n) is 2.44. The molecule has 0 aliphatic rings. The lowest BCUT2D eigenvalue weighted by molar-refractivity contribution is -0.113. The summed E-state index contributed by atoms with van der Waals surface area (Å²) >= 11 is 0. The predicted molar refractivity (Wildman–Crippen MR) is 42.7 cm³/mol. The smallest absolute Gasteiger partial charge is 0.156 e. The van der Waals surface area contributed by atoms with Gasteiger partial charge in [0.2, 0.25) is 0 Å². The number of hydrogen-bond acceptors (Lipinski definition) is 2. The fourth-order valence-electron chi connectivity index (χ4n) is 0.513. The van der Waals surface area contributed by atoms with Crippen LogP contribution in [-0.2, 0) is 4.79 Å². The molecule has 0 unspecified atom stereocenters. The lowest BCUT2D eigenvalue weighted by Crippen LogP contribution is -2.11. The van der Waals surface area contributed by atoms with Crippen LogP contribution in [0.4, 0.5) is 0 Å². The van der Waals surface area contributed by atoms with Gasteiger partial charge in [0.05, 0.1) is 0 Å². The minimum absolute atomic E-state index is 0.139. The SMILES string of the molecule is CCN(C)/C=C(\C)C(C)=O. The molecule has 0 atom stereocenters. The second kappa shape index (κ2) is 4.09. The van der Waals surface area contributed by atoms with Crippen molar-refractivity contribution in [3.63, 3.8) is 0 Å². The Kier molecular flexibility index (Phi) is 3.77. The van der Waals surface area contributed by atoms with Crippen LogP contribution < -0.4 is 0 Å². The highest BCUT2D eigenvalue weighted by molar-refractivity contribution is 5.92. The number of hydrogen-bond donors (Lipinski definition) is 0. The molecule has 0 heterocycles. The molecule has 2 heteroatoms. The standard InChI is InChI=1S/C8H15NO/c1-5-9(4)6-7(2)8(3)10/h6H,5H2,1-4H3/b7-6+. The fourth-order valence-corrected chi connectivity index (χ4v) is 0.513. The zero-order chi connectivity index (χ0) is 8.15. The average Bonchev–Trinajstić information content (AvgIpc) is 1.87. The Balaban J connectivity index is 4.02. The van der Waals surface area contributed by atoms with Crippen LogP contribution in [0.15, 0.2) is 11.8 Å². The van der Waals surface area contributed by atoms with Gasteiger partial charge >= 0.3 is 0 Å². The Morgan fingerprint density at radius 2 is 2.00 bits per heavy atom. The lowest BCUT2D eigenvalue weighted by Gasteiger charge is -2.10. The average molecular weight is 141 g/mol. The lowest BCUT2D eigenvalue weighted by atomic mass is 10.2. The molecular formula is C8H15NO. The summed E-state index contributed by atoms with van der Waals surface area (Å²) in [5.74, 6) is 0.139. The second-order valence-corrected chi connectivity index (χ2v) is 2.44. The third kappa shape index (κ3) is 3.28. The molecule has 0 rings (SSSR count). The fraction of sp³-hybridized carbons (Fsp3) is 0.625. The minimum atomic E-state index is 0.139. The van der Waals surface area contributed by atoms with E-state index >= 15 is 0 Å². The summed E-state index contributed by atoms with van der Waals surface area (Å²) in [5.41, 5.74) is 0.810. The van der Waals surface area contributed by atoms with Crippen molar-refractivity contribution in [1.29, 1.82) is 0 Å². The van der Waals surface area contributed by atoms with Gasteiger partial charge in [0.25, 0.3) is 0 Å². The van der Waals surface area contributed by atoms with Crippen molar-refractivity contribution in [2.75, 3.05) is 13.6 Å². The minimum Gasteiger partial charge on any atom is -0.380 e. The van der Waals surface area contributed by atoms with Crippen molar-refractivity contribution < 1.29 is 4.79 Å². The van der Waals surface area contributed by atoms with Crippen LogP contribution >= 0.6 is 0 Å². The molecule has 0 amide bonds. The van der Waals surface area contributed by atoms with Gasteiger partial charge in [-0.1, -0.05) is 0 Å². The highest BCUT2D eigenvalue weighted by Gasteiger charge is 1.95. The van der Waals surface area contributed by atoms with Crippen molar-refractivity contribution in [1.82, 2.24) is 4.90 Å². The molecule has 0 radical (unpaired) electrons. The molecular weight excluding hydrogens is 126 g/mol. The van der Waals surface area contributed by atoms with Crippen molar-refractivity contribution in [3.8, 4) is 0 Å². The number of allylic oxidation sites excluding steroid dienone is 1. The van der Waals surface area contributed by atoms with Crippen LogP contribution in [0.5, 0.6) is 0 Å². The van der Waals surface area contributed by atoms with Crippen LogP contribution in [0.3, 0.4) is 0 Å². The first-order chi connectivity index (χ1) is 4.57. The van der Waals surface area contributed by atoms with Crippen molar-refractivity contribution in [3.05, 3.63) is 11.8 Å².